The third-order valence-electron chi connectivity index (χ3n) is 5.40. The van der Waals surface area contributed by atoms with Gasteiger partial charge in [-0.25, -0.2) is 13.2 Å². The van der Waals surface area contributed by atoms with E-state index in [1.165, 1.54) is 4.90 Å². The highest BCUT2D eigenvalue weighted by Gasteiger charge is 2.50. The minimum atomic E-state index is -3.33. The number of carbonyl (C=O) groups excluding carboxylic acids is 2. The Morgan fingerprint density at radius 3 is 2.40 bits per heavy atom. The van der Waals surface area contributed by atoms with Gasteiger partial charge >= 0.3 is 6.03 Å². The zero-order valence-corrected chi connectivity index (χ0v) is 16.1. The summed E-state index contributed by atoms with van der Waals surface area (Å²) in [5, 5.41) is -0.278. The summed E-state index contributed by atoms with van der Waals surface area (Å²) in [6.45, 7) is 4.46. The molecule has 0 bridgehead atoms. The molecule has 0 unspecified atom stereocenters. The fourth-order valence-electron chi connectivity index (χ4n) is 3.94. The maximum absolute atomic E-state index is 12.8. The first-order chi connectivity index (χ1) is 11.7. The van der Waals surface area contributed by atoms with Gasteiger partial charge in [-0.2, -0.15) is 4.31 Å². The van der Waals surface area contributed by atoms with E-state index in [1.54, 1.807) is 28.2 Å². The van der Waals surface area contributed by atoms with Gasteiger partial charge in [-0.3, -0.25) is 4.79 Å². The van der Waals surface area contributed by atoms with Crippen LogP contribution < -0.4 is 0 Å². The molecule has 1 aliphatic carbocycles. The number of hydrogen-bond acceptors (Lipinski definition) is 4. The maximum Gasteiger partial charge on any atom is 0.319 e. The van der Waals surface area contributed by atoms with Crippen molar-refractivity contribution in [1.29, 1.82) is 0 Å². The highest BCUT2D eigenvalue weighted by atomic mass is 32.2. The SMILES string of the molecule is CCN1C[C@@]2(CC1=O)CN(C(=O)N(C)C)CCN(S(=O)(=O)C1CC1)C2. The summed E-state index contributed by atoms with van der Waals surface area (Å²) in [4.78, 5) is 29.8. The lowest BCUT2D eigenvalue weighted by Crippen LogP contribution is -2.47. The third kappa shape index (κ3) is 3.48. The molecule has 3 rings (SSSR count). The van der Waals surface area contributed by atoms with Gasteiger partial charge in [-0.05, 0) is 19.8 Å². The second kappa shape index (κ2) is 6.42. The van der Waals surface area contributed by atoms with Gasteiger partial charge in [0, 0.05) is 65.2 Å². The summed E-state index contributed by atoms with van der Waals surface area (Å²) in [6.07, 6.45) is 1.73. The molecule has 3 amide bonds. The van der Waals surface area contributed by atoms with Crippen LogP contribution in [0.25, 0.3) is 0 Å². The average Bonchev–Trinajstić information content (AvgIpc) is 3.35. The quantitative estimate of drug-likeness (QED) is 0.699. The van der Waals surface area contributed by atoms with Crippen LogP contribution in [0.3, 0.4) is 0 Å². The van der Waals surface area contributed by atoms with E-state index >= 15 is 0 Å². The highest BCUT2D eigenvalue weighted by molar-refractivity contribution is 7.90. The van der Waals surface area contributed by atoms with E-state index in [-0.39, 0.29) is 17.2 Å². The topological polar surface area (TPSA) is 81.2 Å². The Labute approximate surface area is 149 Å². The lowest BCUT2D eigenvalue weighted by molar-refractivity contribution is -0.127. The Kier molecular flexibility index (Phi) is 4.74. The largest absolute Gasteiger partial charge is 0.342 e. The third-order valence-corrected chi connectivity index (χ3v) is 7.75. The van der Waals surface area contributed by atoms with Crippen molar-refractivity contribution in [3.63, 3.8) is 0 Å². The molecule has 8 nitrogen and oxygen atoms in total. The Balaban J connectivity index is 1.90. The molecule has 1 spiro atoms. The predicted molar refractivity (Wildman–Crippen MR) is 93.5 cm³/mol. The lowest BCUT2D eigenvalue weighted by atomic mass is 9.86. The van der Waals surface area contributed by atoms with E-state index < -0.39 is 15.4 Å². The van der Waals surface area contributed by atoms with Crippen LogP contribution in [0, 0.1) is 5.41 Å². The second-order valence-corrected chi connectivity index (χ2v) is 9.97. The van der Waals surface area contributed by atoms with Crippen molar-refractivity contribution in [2.75, 3.05) is 53.4 Å². The van der Waals surface area contributed by atoms with E-state index in [4.69, 9.17) is 0 Å². The van der Waals surface area contributed by atoms with Crippen molar-refractivity contribution >= 4 is 22.0 Å². The molecule has 1 saturated carbocycles. The molecule has 9 heteroatoms. The van der Waals surface area contributed by atoms with Crippen molar-refractivity contribution in [3.05, 3.63) is 0 Å². The Morgan fingerprint density at radius 1 is 1.20 bits per heavy atom. The first-order valence-corrected chi connectivity index (χ1v) is 10.4. The monoisotopic (exact) mass is 372 g/mol. The first-order valence-electron chi connectivity index (χ1n) is 8.91. The minimum absolute atomic E-state index is 0.0467. The molecule has 0 N–H and O–H groups in total. The van der Waals surface area contributed by atoms with Crippen LogP contribution in [0.2, 0.25) is 0 Å². The molecule has 3 aliphatic rings. The van der Waals surface area contributed by atoms with Crippen molar-refractivity contribution < 1.29 is 18.0 Å². The number of likely N-dealkylation sites (tertiary alicyclic amines) is 1. The van der Waals surface area contributed by atoms with E-state index in [0.717, 1.165) is 0 Å². The number of carbonyl (C=O) groups is 2. The molecule has 0 aromatic rings. The molecule has 0 aromatic heterocycles. The van der Waals surface area contributed by atoms with Crippen LogP contribution >= 0.6 is 0 Å². The number of nitrogens with zero attached hydrogens (tertiary/aromatic N) is 4. The normalized spacial score (nSPS) is 28.5. The summed E-state index contributed by atoms with van der Waals surface area (Å²) in [7, 11) is 0.0477. The molecule has 0 aromatic carbocycles. The van der Waals surface area contributed by atoms with E-state index in [1.807, 2.05) is 6.92 Å². The lowest BCUT2D eigenvalue weighted by Gasteiger charge is -2.34. The number of amides is 3. The smallest absolute Gasteiger partial charge is 0.319 e. The van der Waals surface area contributed by atoms with Gasteiger partial charge in [-0.15, -0.1) is 0 Å². The summed E-state index contributed by atoms with van der Waals surface area (Å²) in [6, 6.07) is -0.132. The van der Waals surface area contributed by atoms with Crippen LogP contribution in [0.4, 0.5) is 4.79 Å². The molecule has 2 saturated heterocycles. The van der Waals surface area contributed by atoms with E-state index in [2.05, 4.69) is 0 Å². The van der Waals surface area contributed by atoms with E-state index in [0.29, 0.717) is 58.5 Å². The molecule has 25 heavy (non-hydrogen) atoms. The number of urea groups is 1. The minimum Gasteiger partial charge on any atom is -0.342 e. The van der Waals surface area contributed by atoms with Crippen LogP contribution in [0.1, 0.15) is 26.2 Å². The molecule has 0 radical (unpaired) electrons. The van der Waals surface area contributed by atoms with Crippen molar-refractivity contribution in [3.8, 4) is 0 Å². The fourth-order valence-corrected chi connectivity index (χ4v) is 5.88. The zero-order valence-electron chi connectivity index (χ0n) is 15.3. The van der Waals surface area contributed by atoms with Crippen LogP contribution in [-0.2, 0) is 14.8 Å². The summed E-state index contributed by atoms with van der Waals surface area (Å²) in [5.74, 6) is 0.0467. The first kappa shape index (κ1) is 18.4. The standard InChI is InChI=1S/C16H28N4O4S/c1-4-18-10-16(9-14(18)21)11-19(15(22)17(2)3)7-8-20(12-16)25(23,24)13-5-6-13/h13H,4-12H2,1-3H3/t16-/m0/s1. The number of rotatable bonds is 3. The molecule has 142 valence electrons. The van der Waals surface area contributed by atoms with Crippen LogP contribution in [0.5, 0.6) is 0 Å². The molecule has 1 atom stereocenters. The van der Waals surface area contributed by atoms with Gasteiger partial charge in [-0.1, -0.05) is 0 Å². The maximum atomic E-state index is 12.8. The Morgan fingerprint density at radius 2 is 1.88 bits per heavy atom. The van der Waals surface area contributed by atoms with Crippen molar-refractivity contribution in [2.45, 2.75) is 31.4 Å². The summed E-state index contributed by atoms with van der Waals surface area (Å²) in [5.41, 5.74) is -0.517. The van der Waals surface area contributed by atoms with Gasteiger partial charge in [0.25, 0.3) is 0 Å². The Hall–Kier alpha value is -1.35. The van der Waals surface area contributed by atoms with Gasteiger partial charge in [0.15, 0.2) is 0 Å². The zero-order chi connectivity index (χ0) is 18.4. The summed E-state index contributed by atoms with van der Waals surface area (Å²) >= 11 is 0. The molecule has 2 heterocycles. The predicted octanol–water partition coefficient (Wildman–Crippen LogP) is 0.0164. The van der Waals surface area contributed by atoms with Crippen molar-refractivity contribution in [2.24, 2.45) is 5.41 Å². The van der Waals surface area contributed by atoms with Gasteiger partial charge in [0.05, 0.1) is 5.25 Å². The van der Waals surface area contributed by atoms with Crippen molar-refractivity contribution in [1.82, 2.24) is 19.0 Å². The average molecular weight is 372 g/mol. The van der Waals surface area contributed by atoms with Gasteiger partial charge < -0.3 is 14.7 Å². The molecule has 3 fully saturated rings. The molecular formula is C16H28N4O4S. The van der Waals surface area contributed by atoms with Crippen LogP contribution in [0.15, 0.2) is 0 Å². The number of hydrogen-bond donors (Lipinski definition) is 0. The van der Waals surface area contributed by atoms with Gasteiger partial charge in [0.1, 0.15) is 0 Å². The fraction of sp³-hybridized carbons (Fsp3) is 0.875. The molecular weight excluding hydrogens is 344 g/mol. The second-order valence-electron chi connectivity index (χ2n) is 7.76. The van der Waals surface area contributed by atoms with Crippen LogP contribution in [-0.4, -0.2) is 98.0 Å². The molecule has 2 aliphatic heterocycles. The van der Waals surface area contributed by atoms with E-state index in [9.17, 15) is 18.0 Å². The van der Waals surface area contributed by atoms with Gasteiger partial charge in [0.2, 0.25) is 15.9 Å². The Bertz CT molecular complexity index is 661. The highest BCUT2D eigenvalue weighted by Crippen LogP contribution is 2.38. The summed E-state index contributed by atoms with van der Waals surface area (Å²) < 4.78 is 27.1. The number of sulfonamides is 1.